The van der Waals surface area contributed by atoms with Crippen LogP contribution in [0.4, 0.5) is 5.82 Å². The highest BCUT2D eigenvalue weighted by Crippen LogP contribution is 2.27. The molecule has 0 bridgehead atoms. The molecule has 0 saturated carbocycles. The summed E-state index contributed by atoms with van der Waals surface area (Å²) >= 11 is 6.24. The molecule has 5 heteroatoms. The Morgan fingerprint density at radius 2 is 1.89 bits per heavy atom. The van der Waals surface area contributed by atoms with Gasteiger partial charge in [0.05, 0.1) is 6.20 Å². The van der Waals surface area contributed by atoms with Crippen LogP contribution in [0.1, 0.15) is 32.1 Å². The highest BCUT2D eigenvalue weighted by Gasteiger charge is 2.27. The average Bonchev–Trinajstić information content (AvgIpc) is 2.85. The second kappa shape index (κ2) is 6.06. The standard InChI is InChI=1S/C14H21ClN4/c15-13-9-16-11-17-14(13)19-8-2-1-5-12(10-19)18-6-3-4-7-18/h9,11-12H,1-8,10H2. The van der Waals surface area contributed by atoms with Gasteiger partial charge in [0.1, 0.15) is 11.3 Å². The molecule has 4 nitrogen and oxygen atoms in total. The molecule has 3 rings (SSSR count). The molecule has 0 radical (unpaired) electrons. The molecule has 2 aliphatic rings. The van der Waals surface area contributed by atoms with E-state index in [4.69, 9.17) is 11.6 Å². The quantitative estimate of drug-likeness (QED) is 0.834. The normalized spacial score (nSPS) is 25.5. The zero-order valence-corrected chi connectivity index (χ0v) is 12.0. The van der Waals surface area contributed by atoms with E-state index >= 15 is 0 Å². The summed E-state index contributed by atoms with van der Waals surface area (Å²) in [6.07, 6.45) is 9.83. The molecule has 1 aromatic heterocycles. The number of hydrogen-bond donors (Lipinski definition) is 0. The lowest BCUT2D eigenvalue weighted by Gasteiger charge is -2.31. The summed E-state index contributed by atoms with van der Waals surface area (Å²) in [7, 11) is 0. The molecule has 0 aliphatic carbocycles. The Morgan fingerprint density at radius 1 is 1.11 bits per heavy atom. The highest BCUT2D eigenvalue weighted by atomic mass is 35.5. The molecule has 2 saturated heterocycles. The minimum Gasteiger partial charge on any atom is -0.354 e. The number of anilines is 1. The second-order valence-electron chi connectivity index (χ2n) is 5.53. The van der Waals surface area contributed by atoms with E-state index in [9.17, 15) is 0 Å². The Kier molecular flexibility index (Phi) is 4.18. The maximum absolute atomic E-state index is 6.24. The van der Waals surface area contributed by atoms with E-state index in [0.717, 1.165) is 18.9 Å². The largest absolute Gasteiger partial charge is 0.354 e. The molecule has 1 unspecified atom stereocenters. The van der Waals surface area contributed by atoms with E-state index in [2.05, 4.69) is 19.8 Å². The van der Waals surface area contributed by atoms with Gasteiger partial charge in [0.2, 0.25) is 0 Å². The van der Waals surface area contributed by atoms with Gasteiger partial charge in [0, 0.05) is 19.1 Å². The van der Waals surface area contributed by atoms with Crippen molar-refractivity contribution in [2.24, 2.45) is 0 Å². The van der Waals surface area contributed by atoms with Crippen LogP contribution in [0.25, 0.3) is 0 Å². The maximum atomic E-state index is 6.24. The molecule has 2 fully saturated rings. The monoisotopic (exact) mass is 280 g/mol. The predicted molar refractivity (Wildman–Crippen MR) is 77.7 cm³/mol. The summed E-state index contributed by atoms with van der Waals surface area (Å²) in [5.41, 5.74) is 0. The molecule has 0 N–H and O–H groups in total. The second-order valence-corrected chi connectivity index (χ2v) is 5.94. The third-order valence-corrected chi connectivity index (χ3v) is 4.52. The van der Waals surface area contributed by atoms with Gasteiger partial charge in [0.25, 0.3) is 0 Å². The molecule has 0 spiro atoms. The topological polar surface area (TPSA) is 32.3 Å². The summed E-state index contributed by atoms with van der Waals surface area (Å²) in [5.74, 6) is 0.905. The molecule has 0 aromatic carbocycles. The molecule has 104 valence electrons. The van der Waals surface area contributed by atoms with Crippen LogP contribution in [0.3, 0.4) is 0 Å². The summed E-state index contributed by atoms with van der Waals surface area (Å²) in [6, 6.07) is 0.663. The fourth-order valence-electron chi connectivity index (χ4n) is 3.26. The first-order chi connectivity index (χ1) is 9.34. The Bertz CT molecular complexity index is 420. The number of hydrogen-bond acceptors (Lipinski definition) is 4. The summed E-state index contributed by atoms with van der Waals surface area (Å²) in [4.78, 5) is 13.3. The van der Waals surface area contributed by atoms with Gasteiger partial charge in [-0.05, 0) is 38.8 Å². The van der Waals surface area contributed by atoms with E-state index in [1.54, 1.807) is 12.5 Å². The Morgan fingerprint density at radius 3 is 2.68 bits per heavy atom. The minimum atomic E-state index is 0.663. The summed E-state index contributed by atoms with van der Waals surface area (Å²) in [6.45, 7) is 4.63. The van der Waals surface area contributed by atoms with Crippen molar-refractivity contribution >= 4 is 17.4 Å². The van der Waals surface area contributed by atoms with Crippen LogP contribution in [-0.2, 0) is 0 Å². The highest BCUT2D eigenvalue weighted by molar-refractivity contribution is 6.32. The molecule has 1 aromatic rings. The van der Waals surface area contributed by atoms with Gasteiger partial charge >= 0.3 is 0 Å². The first-order valence-electron chi connectivity index (χ1n) is 7.29. The van der Waals surface area contributed by atoms with Gasteiger partial charge in [-0.15, -0.1) is 0 Å². The lowest BCUT2D eigenvalue weighted by atomic mass is 10.1. The molecule has 3 heterocycles. The van der Waals surface area contributed by atoms with Crippen molar-refractivity contribution < 1.29 is 0 Å². The molecular weight excluding hydrogens is 260 g/mol. The van der Waals surface area contributed by atoms with E-state index in [1.165, 1.54) is 45.2 Å². The summed E-state index contributed by atoms with van der Waals surface area (Å²) < 4.78 is 0. The van der Waals surface area contributed by atoms with Crippen molar-refractivity contribution in [1.82, 2.24) is 14.9 Å². The van der Waals surface area contributed by atoms with Gasteiger partial charge in [-0.25, -0.2) is 9.97 Å². The van der Waals surface area contributed by atoms with Gasteiger partial charge in [-0.3, -0.25) is 4.90 Å². The Balaban J connectivity index is 1.75. The smallest absolute Gasteiger partial charge is 0.150 e. The van der Waals surface area contributed by atoms with Crippen molar-refractivity contribution in [2.45, 2.75) is 38.1 Å². The molecular formula is C14H21ClN4. The van der Waals surface area contributed by atoms with Crippen molar-refractivity contribution in [2.75, 3.05) is 31.1 Å². The van der Waals surface area contributed by atoms with Gasteiger partial charge in [0.15, 0.2) is 5.82 Å². The maximum Gasteiger partial charge on any atom is 0.150 e. The van der Waals surface area contributed by atoms with E-state index in [0.29, 0.717) is 11.1 Å². The number of likely N-dealkylation sites (tertiary alicyclic amines) is 1. The van der Waals surface area contributed by atoms with Crippen LogP contribution in [-0.4, -0.2) is 47.1 Å². The van der Waals surface area contributed by atoms with E-state index in [-0.39, 0.29) is 0 Å². The Labute approximate surface area is 119 Å². The van der Waals surface area contributed by atoms with Crippen molar-refractivity contribution in [3.05, 3.63) is 17.5 Å². The first-order valence-corrected chi connectivity index (χ1v) is 7.67. The van der Waals surface area contributed by atoms with E-state index < -0.39 is 0 Å². The zero-order chi connectivity index (χ0) is 13.1. The van der Waals surface area contributed by atoms with Gasteiger partial charge < -0.3 is 4.90 Å². The lowest BCUT2D eigenvalue weighted by molar-refractivity contribution is 0.236. The number of aromatic nitrogens is 2. The van der Waals surface area contributed by atoms with Crippen molar-refractivity contribution in [3.63, 3.8) is 0 Å². The summed E-state index contributed by atoms with van der Waals surface area (Å²) in [5, 5.41) is 0.671. The number of halogens is 1. The molecule has 1 atom stereocenters. The SMILES string of the molecule is Clc1cncnc1N1CCCCC(N2CCCC2)C1. The predicted octanol–water partition coefficient (Wildman–Crippen LogP) is 2.58. The van der Waals surface area contributed by atoms with Crippen LogP contribution in [0.2, 0.25) is 5.02 Å². The Hall–Kier alpha value is -0.870. The number of nitrogens with zero attached hydrogens (tertiary/aromatic N) is 4. The fourth-order valence-corrected chi connectivity index (χ4v) is 3.48. The lowest BCUT2D eigenvalue weighted by Crippen LogP contribution is -2.42. The van der Waals surface area contributed by atoms with Gasteiger partial charge in [-0.2, -0.15) is 0 Å². The number of rotatable bonds is 2. The van der Waals surface area contributed by atoms with Crippen LogP contribution >= 0.6 is 11.6 Å². The van der Waals surface area contributed by atoms with E-state index in [1.807, 2.05) is 0 Å². The minimum absolute atomic E-state index is 0.663. The van der Waals surface area contributed by atoms with Crippen LogP contribution in [0.15, 0.2) is 12.5 Å². The average molecular weight is 281 g/mol. The first kappa shape index (κ1) is 13.1. The molecule has 2 aliphatic heterocycles. The fraction of sp³-hybridized carbons (Fsp3) is 0.714. The van der Waals surface area contributed by atoms with Crippen LogP contribution in [0.5, 0.6) is 0 Å². The van der Waals surface area contributed by atoms with Crippen LogP contribution < -0.4 is 4.90 Å². The molecule has 19 heavy (non-hydrogen) atoms. The van der Waals surface area contributed by atoms with Crippen molar-refractivity contribution in [3.8, 4) is 0 Å². The van der Waals surface area contributed by atoms with Crippen LogP contribution in [0, 0.1) is 0 Å². The third kappa shape index (κ3) is 3.00. The van der Waals surface area contributed by atoms with Crippen molar-refractivity contribution in [1.29, 1.82) is 0 Å². The molecule has 0 amide bonds. The third-order valence-electron chi connectivity index (χ3n) is 4.25. The zero-order valence-electron chi connectivity index (χ0n) is 11.3. The van der Waals surface area contributed by atoms with Gasteiger partial charge in [-0.1, -0.05) is 18.0 Å².